The number of halogens is 2. The summed E-state index contributed by atoms with van der Waals surface area (Å²) in [5.74, 6) is -4.05. The van der Waals surface area contributed by atoms with Gasteiger partial charge in [0, 0.05) is 19.0 Å². The Balaban J connectivity index is 1.98. The highest BCUT2D eigenvalue weighted by Crippen LogP contribution is 2.50. The van der Waals surface area contributed by atoms with Gasteiger partial charge in [-0.15, -0.1) is 0 Å². The highest BCUT2D eigenvalue weighted by atomic mass is 19.3. The van der Waals surface area contributed by atoms with Crippen molar-refractivity contribution in [3.05, 3.63) is 0 Å². The second kappa shape index (κ2) is 2.66. The summed E-state index contributed by atoms with van der Waals surface area (Å²) in [4.78, 5) is 13.1. The molecule has 0 aromatic carbocycles. The fourth-order valence-corrected chi connectivity index (χ4v) is 1.94. The Kier molecular flexibility index (Phi) is 1.82. The first-order chi connectivity index (χ1) is 6.02. The molecule has 2 aliphatic rings. The molecule has 0 aromatic rings. The van der Waals surface area contributed by atoms with Crippen molar-refractivity contribution in [2.45, 2.75) is 38.2 Å². The minimum Gasteiger partial charge on any atom is -0.340 e. The highest BCUT2D eigenvalue weighted by Gasteiger charge is 2.62. The van der Waals surface area contributed by atoms with Gasteiger partial charge in [-0.05, 0) is 19.8 Å². The molecule has 2 rings (SSSR count). The van der Waals surface area contributed by atoms with E-state index < -0.39 is 11.8 Å². The Hall–Kier alpha value is -0.670. The van der Waals surface area contributed by atoms with Gasteiger partial charge in [0.15, 0.2) is 0 Å². The van der Waals surface area contributed by atoms with Crippen LogP contribution in [0.3, 0.4) is 0 Å². The molecular formula is C9H13F2NO. The van der Waals surface area contributed by atoms with Gasteiger partial charge in [0.1, 0.15) is 5.92 Å². The molecule has 1 saturated carbocycles. The minimum absolute atomic E-state index is 0.156. The van der Waals surface area contributed by atoms with Gasteiger partial charge in [-0.25, -0.2) is 8.78 Å². The van der Waals surface area contributed by atoms with Gasteiger partial charge in [-0.3, -0.25) is 4.79 Å². The molecule has 0 spiro atoms. The summed E-state index contributed by atoms with van der Waals surface area (Å²) in [5.41, 5.74) is 0. The van der Waals surface area contributed by atoms with E-state index in [4.69, 9.17) is 0 Å². The van der Waals surface area contributed by atoms with Crippen LogP contribution < -0.4 is 0 Å². The van der Waals surface area contributed by atoms with Crippen LogP contribution in [0.5, 0.6) is 0 Å². The van der Waals surface area contributed by atoms with Crippen molar-refractivity contribution in [3.63, 3.8) is 0 Å². The maximum absolute atomic E-state index is 12.6. The molecule has 0 radical (unpaired) electrons. The Bertz CT molecular complexity index is 242. The lowest BCUT2D eigenvalue weighted by atomic mass is 10.2. The zero-order valence-corrected chi connectivity index (χ0v) is 7.59. The molecule has 0 N–H and O–H groups in total. The van der Waals surface area contributed by atoms with Crippen molar-refractivity contribution in [1.29, 1.82) is 0 Å². The number of carbonyl (C=O) groups excluding carboxylic acids is 1. The predicted molar refractivity (Wildman–Crippen MR) is 43.5 cm³/mol. The van der Waals surface area contributed by atoms with Crippen LogP contribution in [0.25, 0.3) is 0 Å². The summed E-state index contributed by atoms with van der Waals surface area (Å²) in [6.45, 7) is 2.58. The van der Waals surface area contributed by atoms with Crippen molar-refractivity contribution in [2.75, 3.05) is 6.54 Å². The molecule has 1 heterocycles. The standard InChI is InChI=1S/C9H13F2NO/c1-6-3-2-4-12(6)8(13)7-5-9(7,10)11/h6-7H,2-5H2,1H3. The van der Waals surface area contributed by atoms with Crippen LogP contribution in [0.1, 0.15) is 26.2 Å². The van der Waals surface area contributed by atoms with Crippen molar-refractivity contribution in [3.8, 4) is 0 Å². The third-order valence-corrected chi connectivity index (χ3v) is 2.96. The molecule has 13 heavy (non-hydrogen) atoms. The number of carbonyl (C=O) groups is 1. The lowest BCUT2D eigenvalue weighted by Crippen LogP contribution is -2.35. The van der Waals surface area contributed by atoms with Gasteiger partial charge in [-0.2, -0.15) is 0 Å². The van der Waals surface area contributed by atoms with E-state index in [-0.39, 0.29) is 18.4 Å². The summed E-state index contributed by atoms with van der Waals surface area (Å²) in [5, 5.41) is 0. The average Bonchev–Trinajstić information content (AvgIpc) is 2.49. The summed E-state index contributed by atoms with van der Waals surface area (Å²) in [6, 6.07) is 0.156. The van der Waals surface area contributed by atoms with Crippen molar-refractivity contribution >= 4 is 5.91 Å². The monoisotopic (exact) mass is 189 g/mol. The molecule has 1 saturated heterocycles. The molecule has 74 valence electrons. The first-order valence-electron chi connectivity index (χ1n) is 4.70. The van der Waals surface area contributed by atoms with Gasteiger partial charge in [0.05, 0.1) is 0 Å². The lowest BCUT2D eigenvalue weighted by molar-refractivity contribution is -0.135. The van der Waals surface area contributed by atoms with E-state index in [1.807, 2.05) is 6.92 Å². The first-order valence-corrected chi connectivity index (χ1v) is 4.70. The topological polar surface area (TPSA) is 20.3 Å². The molecular weight excluding hydrogens is 176 g/mol. The highest BCUT2D eigenvalue weighted by molar-refractivity contribution is 5.83. The first kappa shape index (κ1) is 8.91. The number of likely N-dealkylation sites (tertiary alicyclic amines) is 1. The number of rotatable bonds is 1. The quantitative estimate of drug-likeness (QED) is 0.614. The van der Waals surface area contributed by atoms with Crippen molar-refractivity contribution in [1.82, 2.24) is 4.90 Å². The molecule has 2 atom stereocenters. The summed E-state index contributed by atoms with van der Waals surface area (Å²) >= 11 is 0. The Morgan fingerprint density at radius 2 is 2.15 bits per heavy atom. The Morgan fingerprint density at radius 1 is 1.54 bits per heavy atom. The van der Waals surface area contributed by atoms with Crippen LogP contribution in [-0.4, -0.2) is 29.3 Å². The summed E-state index contributed by atoms with van der Waals surface area (Å²) < 4.78 is 25.2. The van der Waals surface area contributed by atoms with Crippen LogP contribution in [0.15, 0.2) is 0 Å². The van der Waals surface area contributed by atoms with E-state index in [1.165, 1.54) is 0 Å². The van der Waals surface area contributed by atoms with Gasteiger partial charge in [-0.1, -0.05) is 0 Å². The fraction of sp³-hybridized carbons (Fsp3) is 0.889. The normalized spacial score (nSPS) is 36.4. The number of hydrogen-bond donors (Lipinski definition) is 0. The zero-order chi connectivity index (χ0) is 9.64. The summed E-state index contributed by atoms with van der Waals surface area (Å²) in [6.07, 6.45) is 1.66. The minimum atomic E-state index is -2.71. The third kappa shape index (κ3) is 1.42. The molecule has 2 fully saturated rings. The number of hydrogen-bond acceptors (Lipinski definition) is 1. The molecule has 1 amide bonds. The van der Waals surface area contributed by atoms with Gasteiger partial charge in [0.25, 0.3) is 5.92 Å². The van der Waals surface area contributed by atoms with E-state index in [1.54, 1.807) is 4.90 Å². The molecule has 1 aliphatic carbocycles. The molecule has 0 aromatic heterocycles. The van der Waals surface area contributed by atoms with Crippen LogP contribution >= 0.6 is 0 Å². The predicted octanol–water partition coefficient (Wildman–Crippen LogP) is 1.65. The number of amides is 1. The van der Waals surface area contributed by atoms with E-state index in [0.717, 1.165) is 12.8 Å². The maximum atomic E-state index is 12.6. The molecule has 4 heteroatoms. The largest absolute Gasteiger partial charge is 0.340 e. The number of alkyl halides is 2. The second-order valence-electron chi connectivity index (χ2n) is 4.04. The van der Waals surface area contributed by atoms with E-state index in [9.17, 15) is 13.6 Å². The molecule has 1 aliphatic heterocycles. The Labute approximate surface area is 75.9 Å². The fourth-order valence-electron chi connectivity index (χ4n) is 1.94. The smallest absolute Gasteiger partial charge is 0.260 e. The van der Waals surface area contributed by atoms with E-state index in [2.05, 4.69) is 0 Å². The maximum Gasteiger partial charge on any atom is 0.260 e. The van der Waals surface area contributed by atoms with E-state index >= 15 is 0 Å². The molecule has 2 nitrogen and oxygen atoms in total. The van der Waals surface area contributed by atoms with Crippen molar-refractivity contribution < 1.29 is 13.6 Å². The molecule has 2 unspecified atom stereocenters. The van der Waals surface area contributed by atoms with E-state index in [0.29, 0.717) is 6.54 Å². The number of nitrogens with zero attached hydrogens (tertiary/aromatic N) is 1. The van der Waals surface area contributed by atoms with Crippen LogP contribution in [0.2, 0.25) is 0 Å². The average molecular weight is 189 g/mol. The summed E-state index contributed by atoms with van der Waals surface area (Å²) in [7, 11) is 0. The second-order valence-corrected chi connectivity index (χ2v) is 4.04. The van der Waals surface area contributed by atoms with Crippen molar-refractivity contribution in [2.24, 2.45) is 5.92 Å². The lowest BCUT2D eigenvalue weighted by Gasteiger charge is -2.21. The molecule has 0 bridgehead atoms. The van der Waals surface area contributed by atoms with Crippen LogP contribution in [-0.2, 0) is 4.79 Å². The zero-order valence-electron chi connectivity index (χ0n) is 7.59. The SMILES string of the molecule is CC1CCCN1C(=O)C1CC1(F)F. The van der Waals surface area contributed by atoms with Gasteiger partial charge in [0.2, 0.25) is 5.91 Å². The van der Waals surface area contributed by atoms with Crippen LogP contribution in [0.4, 0.5) is 8.78 Å². The van der Waals surface area contributed by atoms with Gasteiger partial charge < -0.3 is 4.90 Å². The third-order valence-electron chi connectivity index (χ3n) is 2.96. The van der Waals surface area contributed by atoms with Crippen LogP contribution in [0, 0.1) is 5.92 Å². The van der Waals surface area contributed by atoms with Gasteiger partial charge >= 0.3 is 0 Å². The Morgan fingerprint density at radius 3 is 2.54 bits per heavy atom.